The zero-order valence-electron chi connectivity index (χ0n) is 7.55. The lowest BCUT2D eigenvalue weighted by molar-refractivity contribution is 0.250. The van der Waals surface area contributed by atoms with E-state index < -0.39 is 0 Å². The van der Waals surface area contributed by atoms with Crippen LogP contribution < -0.4 is 5.73 Å². The van der Waals surface area contributed by atoms with E-state index in [4.69, 9.17) is 16.2 Å². The molecule has 0 saturated heterocycles. The van der Waals surface area contributed by atoms with E-state index in [0.717, 1.165) is 17.9 Å². The van der Waals surface area contributed by atoms with Crippen LogP contribution in [0.15, 0.2) is 0 Å². The minimum absolute atomic E-state index is 0.264. The number of aliphatic hydroxyl groups is 1. The molecular formula is C8H18N2OS. The summed E-state index contributed by atoms with van der Waals surface area (Å²) in [5.41, 5.74) is 5.19. The molecule has 0 aliphatic carbocycles. The molecular weight excluding hydrogens is 172 g/mol. The first kappa shape index (κ1) is 11.8. The second-order valence-corrected chi connectivity index (χ2v) is 4.14. The van der Waals surface area contributed by atoms with Gasteiger partial charge in [0.25, 0.3) is 0 Å². The van der Waals surface area contributed by atoms with E-state index in [1.807, 2.05) is 18.7 Å². The standard InChI is InChI=1S/C8H18N2OS/c1-7(5-11)6-12-4-2-3-8(9)10/h7,11H,2-6H2,1H3,(H3,9,10). The normalized spacial score (nSPS) is 12.8. The number of amidine groups is 1. The fourth-order valence-corrected chi connectivity index (χ4v) is 1.72. The van der Waals surface area contributed by atoms with Crippen LogP contribution in [-0.2, 0) is 0 Å². The largest absolute Gasteiger partial charge is 0.396 e. The number of hydrogen-bond acceptors (Lipinski definition) is 3. The van der Waals surface area contributed by atoms with Gasteiger partial charge in [-0.3, -0.25) is 5.41 Å². The highest BCUT2D eigenvalue weighted by Gasteiger charge is 1.99. The first-order valence-corrected chi connectivity index (χ1v) is 5.33. The molecule has 0 spiro atoms. The molecule has 1 unspecified atom stereocenters. The summed E-state index contributed by atoms with van der Waals surface area (Å²) in [4.78, 5) is 0. The zero-order valence-corrected chi connectivity index (χ0v) is 8.36. The third kappa shape index (κ3) is 7.88. The quantitative estimate of drug-likeness (QED) is 0.319. The Kier molecular flexibility index (Phi) is 7.29. The van der Waals surface area contributed by atoms with E-state index in [0.29, 0.717) is 12.3 Å². The van der Waals surface area contributed by atoms with E-state index in [9.17, 15) is 0 Å². The van der Waals surface area contributed by atoms with E-state index in [2.05, 4.69) is 0 Å². The van der Waals surface area contributed by atoms with Crippen molar-refractivity contribution in [2.75, 3.05) is 18.1 Å². The average molecular weight is 190 g/mol. The van der Waals surface area contributed by atoms with Crippen LogP contribution in [0, 0.1) is 11.3 Å². The average Bonchev–Trinajstić information content (AvgIpc) is 2.03. The molecule has 4 heteroatoms. The van der Waals surface area contributed by atoms with Crippen molar-refractivity contribution in [2.45, 2.75) is 19.8 Å². The number of aliphatic hydroxyl groups excluding tert-OH is 1. The molecule has 12 heavy (non-hydrogen) atoms. The smallest absolute Gasteiger partial charge is 0.0905 e. The molecule has 0 aliphatic heterocycles. The SMILES string of the molecule is CC(CO)CSCCCC(=N)N. The second-order valence-electron chi connectivity index (χ2n) is 2.99. The lowest BCUT2D eigenvalue weighted by Crippen LogP contribution is -2.09. The van der Waals surface area contributed by atoms with Crippen molar-refractivity contribution in [3.05, 3.63) is 0 Å². The van der Waals surface area contributed by atoms with Gasteiger partial charge in [0.15, 0.2) is 0 Å². The summed E-state index contributed by atoms with van der Waals surface area (Å²) in [6.45, 7) is 2.29. The molecule has 0 rings (SSSR count). The lowest BCUT2D eigenvalue weighted by Gasteiger charge is -2.06. The molecule has 0 radical (unpaired) electrons. The highest BCUT2D eigenvalue weighted by Crippen LogP contribution is 2.09. The van der Waals surface area contributed by atoms with Gasteiger partial charge in [-0.05, 0) is 23.8 Å². The Labute approximate surface area is 78.2 Å². The number of nitrogens with two attached hydrogens (primary N) is 1. The fraction of sp³-hybridized carbons (Fsp3) is 0.875. The van der Waals surface area contributed by atoms with Gasteiger partial charge in [-0.1, -0.05) is 6.92 Å². The fourth-order valence-electron chi connectivity index (χ4n) is 0.702. The summed E-state index contributed by atoms with van der Waals surface area (Å²) < 4.78 is 0. The van der Waals surface area contributed by atoms with Gasteiger partial charge in [0.1, 0.15) is 0 Å². The van der Waals surface area contributed by atoms with Crippen molar-refractivity contribution in [1.29, 1.82) is 5.41 Å². The van der Waals surface area contributed by atoms with Gasteiger partial charge in [0.05, 0.1) is 5.84 Å². The first-order chi connectivity index (χ1) is 5.66. The molecule has 0 aromatic rings. The second kappa shape index (κ2) is 7.43. The van der Waals surface area contributed by atoms with Crippen LogP contribution in [0.25, 0.3) is 0 Å². The molecule has 0 bridgehead atoms. The molecule has 72 valence electrons. The molecule has 0 saturated carbocycles. The summed E-state index contributed by atoms with van der Waals surface area (Å²) in [5, 5.41) is 15.7. The number of hydrogen-bond donors (Lipinski definition) is 3. The van der Waals surface area contributed by atoms with Gasteiger partial charge < -0.3 is 10.8 Å². The van der Waals surface area contributed by atoms with Crippen LogP contribution in [0.4, 0.5) is 0 Å². The molecule has 0 amide bonds. The van der Waals surface area contributed by atoms with Crippen molar-refractivity contribution in [3.8, 4) is 0 Å². The summed E-state index contributed by atoms with van der Waals surface area (Å²) in [6.07, 6.45) is 1.67. The van der Waals surface area contributed by atoms with Gasteiger partial charge in [0, 0.05) is 13.0 Å². The number of rotatable bonds is 7. The zero-order chi connectivity index (χ0) is 9.40. The van der Waals surface area contributed by atoms with Crippen LogP contribution in [0.1, 0.15) is 19.8 Å². The molecule has 3 nitrogen and oxygen atoms in total. The Morgan fingerprint density at radius 1 is 1.67 bits per heavy atom. The Morgan fingerprint density at radius 2 is 2.33 bits per heavy atom. The van der Waals surface area contributed by atoms with Crippen molar-refractivity contribution in [1.82, 2.24) is 0 Å². The maximum Gasteiger partial charge on any atom is 0.0905 e. The van der Waals surface area contributed by atoms with Crippen LogP contribution in [-0.4, -0.2) is 29.1 Å². The Balaban J connectivity index is 3.05. The van der Waals surface area contributed by atoms with Crippen molar-refractivity contribution in [2.24, 2.45) is 11.7 Å². The van der Waals surface area contributed by atoms with Crippen molar-refractivity contribution < 1.29 is 5.11 Å². The van der Waals surface area contributed by atoms with Gasteiger partial charge in [-0.2, -0.15) is 11.8 Å². The van der Waals surface area contributed by atoms with Gasteiger partial charge in [0.2, 0.25) is 0 Å². The number of nitrogens with one attached hydrogen (secondary N) is 1. The van der Waals surface area contributed by atoms with Gasteiger partial charge in [-0.15, -0.1) is 0 Å². The van der Waals surface area contributed by atoms with Crippen molar-refractivity contribution >= 4 is 17.6 Å². The highest BCUT2D eigenvalue weighted by atomic mass is 32.2. The van der Waals surface area contributed by atoms with Gasteiger partial charge >= 0.3 is 0 Å². The molecule has 0 fully saturated rings. The third-order valence-electron chi connectivity index (χ3n) is 1.45. The molecule has 0 heterocycles. The molecule has 1 atom stereocenters. The number of thioether (sulfide) groups is 1. The maximum atomic E-state index is 8.71. The summed E-state index contributed by atoms with van der Waals surface area (Å²) in [5.74, 6) is 2.68. The molecule has 4 N–H and O–H groups in total. The third-order valence-corrected chi connectivity index (χ3v) is 2.83. The van der Waals surface area contributed by atoms with E-state index in [1.54, 1.807) is 0 Å². The minimum atomic E-state index is 0.264. The Hall–Kier alpha value is -0.220. The summed E-state index contributed by atoms with van der Waals surface area (Å²) in [6, 6.07) is 0. The Morgan fingerprint density at radius 3 is 2.83 bits per heavy atom. The monoisotopic (exact) mass is 190 g/mol. The van der Waals surface area contributed by atoms with Crippen LogP contribution in [0.5, 0.6) is 0 Å². The molecule has 0 aromatic carbocycles. The van der Waals surface area contributed by atoms with Crippen LogP contribution >= 0.6 is 11.8 Å². The topological polar surface area (TPSA) is 70.1 Å². The predicted octanol–water partition coefficient (Wildman–Crippen LogP) is 1.06. The minimum Gasteiger partial charge on any atom is -0.396 e. The summed E-state index contributed by atoms with van der Waals surface area (Å²) >= 11 is 1.82. The molecule has 0 aromatic heterocycles. The lowest BCUT2D eigenvalue weighted by atomic mass is 10.2. The van der Waals surface area contributed by atoms with Crippen LogP contribution in [0.2, 0.25) is 0 Å². The highest BCUT2D eigenvalue weighted by molar-refractivity contribution is 7.99. The van der Waals surface area contributed by atoms with E-state index >= 15 is 0 Å². The summed E-state index contributed by atoms with van der Waals surface area (Å²) in [7, 11) is 0. The maximum absolute atomic E-state index is 8.71. The van der Waals surface area contributed by atoms with E-state index in [-0.39, 0.29) is 12.4 Å². The van der Waals surface area contributed by atoms with E-state index in [1.165, 1.54) is 0 Å². The Bertz CT molecular complexity index is 130. The van der Waals surface area contributed by atoms with Crippen LogP contribution in [0.3, 0.4) is 0 Å². The van der Waals surface area contributed by atoms with Gasteiger partial charge in [-0.25, -0.2) is 0 Å². The van der Waals surface area contributed by atoms with Crippen molar-refractivity contribution in [3.63, 3.8) is 0 Å². The predicted molar refractivity (Wildman–Crippen MR) is 54.7 cm³/mol. The molecule has 0 aliphatic rings. The first-order valence-electron chi connectivity index (χ1n) is 4.18.